The second kappa shape index (κ2) is 7.17. The molecule has 1 aliphatic rings. The van der Waals surface area contributed by atoms with E-state index in [9.17, 15) is 9.59 Å². The van der Waals surface area contributed by atoms with Crippen LogP contribution in [0.15, 0.2) is 18.3 Å². The molecule has 21 heavy (non-hydrogen) atoms. The van der Waals surface area contributed by atoms with Crippen molar-refractivity contribution in [3.63, 3.8) is 0 Å². The van der Waals surface area contributed by atoms with Crippen LogP contribution in [0.5, 0.6) is 0 Å². The number of carbonyl (C=O) groups excluding carboxylic acids is 1. The van der Waals surface area contributed by atoms with Crippen molar-refractivity contribution in [2.45, 2.75) is 26.3 Å². The van der Waals surface area contributed by atoms with Crippen molar-refractivity contribution in [1.82, 2.24) is 15.2 Å². The van der Waals surface area contributed by atoms with Gasteiger partial charge in [0.25, 0.3) is 0 Å². The third kappa shape index (κ3) is 4.26. The molecule has 1 saturated heterocycles. The molecule has 0 bridgehead atoms. The maximum absolute atomic E-state index is 12.0. The molecule has 0 unspecified atom stereocenters. The van der Waals surface area contributed by atoms with Crippen LogP contribution in [0, 0.1) is 12.8 Å². The molecule has 2 heterocycles. The molecular weight excluding hydrogens is 270 g/mol. The zero-order valence-corrected chi connectivity index (χ0v) is 12.2. The van der Waals surface area contributed by atoms with Crippen LogP contribution in [-0.4, -0.2) is 46.5 Å². The van der Waals surface area contributed by atoms with Gasteiger partial charge in [0.2, 0.25) is 5.91 Å². The number of pyridine rings is 1. The van der Waals surface area contributed by atoms with Gasteiger partial charge in [-0.2, -0.15) is 0 Å². The van der Waals surface area contributed by atoms with Gasteiger partial charge in [0.15, 0.2) is 0 Å². The Kier molecular flexibility index (Phi) is 5.27. The zero-order valence-electron chi connectivity index (χ0n) is 12.2. The maximum Gasteiger partial charge on any atom is 0.306 e. The van der Waals surface area contributed by atoms with Crippen molar-refractivity contribution in [2.75, 3.05) is 19.6 Å². The van der Waals surface area contributed by atoms with E-state index in [2.05, 4.69) is 10.3 Å². The highest BCUT2D eigenvalue weighted by Gasteiger charge is 2.26. The Balaban J connectivity index is 1.73. The van der Waals surface area contributed by atoms with E-state index in [1.165, 1.54) is 0 Å². The predicted molar refractivity (Wildman–Crippen MR) is 77.6 cm³/mol. The van der Waals surface area contributed by atoms with Gasteiger partial charge in [-0.15, -0.1) is 0 Å². The molecular formula is C15H21N3O3. The first kappa shape index (κ1) is 15.4. The Morgan fingerprint density at radius 2 is 2.14 bits per heavy atom. The molecule has 0 aromatic carbocycles. The fourth-order valence-electron chi connectivity index (χ4n) is 2.48. The van der Waals surface area contributed by atoms with Crippen LogP contribution >= 0.6 is 0 Å². The highest BCUT2D eigenvalue weighted by molar-refractivity contribution is 5.78. The van der Waals surface area contributed by atoms with Crippen LogP contribution in [-0.2, 0) is 16.1 Å². The van der Waals surface area contributed by atoms with Crippen LogP contribution in [0.3, 0.4) is 0 Å². The zero-order chi connectivity index (χ0) is 15.2. The molecule has 1 aromatic rings. The van der Waals surface area contributed by atoms with Gasteiger partial charge in [-0.25, -0.2) is 0 Å². The first-order valence-electron chi connectivity index (χ1n) is 7.19. The molecule has 0 saturated carbocycles. The number of amides is 1. The van der Waals surface area contributed by atoms with Crippen LogP contribution in [0.2, 0.25) is 0 Å². The molecule has 0 spiro atoms. The van der Waals surface area contributed by atoms with E-state index < -0.39 is 5.97 Å². The lowest BCUT2D eigenvalue weighted by molar-refractivity contribution is -0.145. The van der Waals surface area contributed by atoms with Gasteiger partial charge in [-0.3, -0.25) is 14.6 Å². The third-order valence-electron chi connectivity index (χ3n) is 3.88. The number of aryl methyl sites for hydroxylation is 1. The van der Waals surface area contributed by atoms with Gasteiger partial charge in [0, 0.05) is 25.8 Å². The average molecular weight is 291 g/mol. The van der Waals surface area contributed by atoms with E-state index in [1.54, 1.807) is 11.1 Å². The van der Waals surface area contributed by atoms with E-state index in [0.29, 0.717) is 32.5 Å². The predicted octanol–water partition coefficient (Wildman–Crippen LogP) is 0.803. The number of hydrogen-bond acceptors (Lipinski definition) is 4. The minimum atomic E-state index is -0.758. The van der Waals surface area contributed by atoms with Crippen molar-refractivity contribution in [1.29, 1.82) is 0 Å². The number of hydrogen-bond donors (Lipinski definition) is 2. The van der Waals surface area contributed by atoms with Gasteiger partial charge in [0.05, 0.1) is 18.2 Å². The minimum absolute atomic E-state index is 0.0208. The fourth-order valence-corrected chi connectivity index (χ4v) is 2.48. The number of likely N-dealkylation sites (tertiary alicyclic amines) is 1. The molecule has 0 radical (unpaired) electrons. The van der Waals surface area contributed by atoms with Crippen molar-refractivity contribution < 1.29 is 14.7 Å². The summed E-state index contributed by atoms with van der Waals surface area (Å²) in [6, 6.07) is 3.87. The molecule has 0 atom stereocenters. The van der Waals surface area contributed by atoms with Gasteiger partial charge >= 0.3 is 5.97 Å². The molecule has 1 fully saturated rings. The summed E-state index contributed by atoms with van der Waals surface area (Å²) in [5, 5.41) is 12.0. The molecule has 2 rings (SSSR count). The van der Waals surface area contributed by atoms with Crippen molar-refractivity contribution in [3.05, 3.63) is 29.6 Å². The van der Waals surface area contributed by atoms with E-state index in [0.717, 1.165) is 11.3 Å². The lowest BCUT2D eigenvalue weighted by Gasteiger charge is -2.30. The normalized spacial score (nSPS) is 16.0. The lowest BCUT2D eigenvalue weighted by Crippen LogP contribution is -2.44. The SMILES string of the molecule is Cc1cccnc1CNCC(=O)N1CCC(C(=O)O)CC1. The number of piperidine rings is 1. The summed E-state index contributed by atoms with van der Waals surface area (Å²) in [6.45, 7) is 3.86. The summed E-state index contributed by atoms with van der Waals surface area (Å²) < 4.78 is 0. The maximum atomic E-state index is 12.0. The quantitative estimate of drug-likeness (QED) is 0.838. The number of aromatic nitrogens is 1. The highest BCUT2D eigenvalue weighted by atomic mass is 16.4. The molecule has 0 aliphatic carbocycles. The number of rotatable bonds is 5. The van der Waals surface area contributed by atoms with Gasteiger partial charge in [0.1, 0.15) is 0 Å². The summed E-state index contributed by atoms with van der Waals surface area (Å²) in [6.07, 6.45) is 2.82. The second-order valence-electron chi connectivity index (χ2n) is 5.36. The summed E-state index contributed by atoms with van der Waals surface area (Å²) in [5.74, 6) is -1.04. The Labute approximate surface area is 124 Å². The first-order chi connectivity index (χ1) is 10.1. The number of carboxylic acid groups (broad SMARTS) is 1. The Morgan fingerprint density at radius 1 is 1.43 bits per heavy atom. The minimum Gasteiger partial charge on any atom is -0.481 e. The molecule has 6 nitrogen and oxygen atoms in total. The van der Waals surface area contributed by atoms with Crippen LogP contribution in [0.25, 0.3) is 0 Å². The number of carbonyl (C=O) groups is 2. The molecule has 1 aromatic heterocycles. The largest absolute Gasteiger partial charge is 0.481 e. The van der Waals surface area contributed by atoms with Crippen LogP contribution in [0.1, 0.15) is 24.1 Å². The van der Waals surface area contributed by atoms with E-state index >= 15 is 0 Å². The molecule has 2 N–H and O–H groups in total. The first-order valence-corrected chi connectivity index (χ1v) is 7.19. The third-order valence-corrected chi connectivity index (χ3v) is 3.88. The number of aliphatic carboxylic acids is 1. The summed E-state index contributed by atoms with van der Waals surface area (Å²) in [4.78, 5) is 28.9. The van der Waals surface area contributed by atoms with E-state index in [4.69, 9.17) is 5.11 Å². The smallest absolute Gasteiger partial charge is 0.306 e. The number of nitrogens with one attached hydrogen (secondary N) is 1. The molecule has 1 amide bonds. The highest BCUT2D eigenvalue weighted by Crippen LogP contribution is 2.17. The van der Waals surface area contributed by atoms with Gasteiger partial charge in [-0.05, 0) is 31.4 Å². The molecule has 114 valence electrons. The van der Waals surface area contributed by atoms with Gasteiger partial charge < -0.3 is 15.3 Å². The summed E-state index contributed by atoms with van der Waals surface area (Å²) >= 11 is 0. The van der Waals surface area contributed by atoms with Crippen LogP contribution in [0.4, 0.5) is 0 Å². The van der Waals surface area contributed by atoms with E-state index in [1.807, 2.05) is 19.1 Å². The lowest BCUT2D eigenvalue weighted by atomic mass is 9.97. The summed E-state index contributed by atoms with van der Waals surface area (Å²) in [5.41, 5.74) is 2.04. The second-order valence-corrected chi connectivity index (χ2v) is 5.36. The monoisotopic (exact) mass is 291 g/mol. The number of carboxylic acids is 1. The number of nitrogens with zero attached hydrogens (tertiary/aromatic N) is 2. The van der Waals surface area contributed by atoms with Gasteiger partial charge in [-0.1, -0.05) is 6.07 Å². The Morgan fingerprint density at radius 3 is 2.76 bits per heavy atom. The van der Waals surface area contributed by atoms with Crippen LogP contribution < -0.4 is 5.32 Å². The van der Waals surface area contributed by atoms with Crippen molar-refractivity contribution >= 4 is 11.9 Å². The molecule has 6 heteroatoms. The summed E-state index contributed by atoms with van der Waals surface area (Å²) in [7, 11) is 0. The topological polar surface area (TPSA) is 82.5 Å². The molecule has 1 aliphatic heterocycles. The average Bonchev–Trinajstić information content (AvgIpc) is 2.49. The van der Waals surface area contributed by atoms with Crippen molar-refractivity contribution in [2.24, 2.45) is 5.92 Å². The Bertz CT molecular complexity index is 511. The fraction of sp³-hybridized carbons (Fsp3) is 0.533. The van der Waals surface area contributed by atoms with E-state index in [-0.39, 0.29) is 18.4 Å². The van der Waals surface area contributed by atoms with Crippen molar-refractivity contribution in [3.8, 4) is 0 Å². The standard InChI is InChI=1S/C15H21N3O3/c1-11-3-2-6-17-13(11)9-16-10-14(19)18-7-4-12(5-8-18)15(20)21/h2-3,6,12,16H,4-5,7-10H2,1H3,(H,20,21). The Hall–Kier alpha value is -1.95.